The van der Waals surface area contributed by atoms with Crippen LogP contribution in [0.25, 0.3) is 0 Å². The van der Waals surface area contributed by atoms with Crippen LogP contribution < -0.4 is 5.32 Å². The Morgan fingerprint density at radius 2 is 2.03 bits per heavy atom. The minimum atomic E-state index is -0.826. The first kappa shape index (κ1) is 21.5. The predicted molar refractivity (Wildman–Crippen MR) is 116 cm³/mol. The van der Waals surface area contributed by atoms with Crippen LogP contribution in [0.15, 0.2) is 52.8 Å². The minimum absolute atomic E-state index is 0.0238. The van der Waals surface area contributed by atoms with Crippen LogP contribution in [0.5, 0.6) is 0 Å². The average Bonchev–Trinajstić information content (AvgIpc) is 3.40. The summed E-state index contributed by atoms with van der Waals surface area (Å²) in [5, 5.41) is 22.3. The van der Waals surface area contributed by atoms with Crippen molar-refractivity contribution in [3.63, 3.8) is 0 Å². The van der Waals surface area contributed by atoms with E-state index in [2.05, 4.69) is 15.5 Å². The lowest BCUT2D eigenvalue weighted by molar-refractivity contribution is -0.387. The Hall–Kier alpha value is -3.73. The van der Waals surface area contributed by atoms with Gasteiger partial charge in [-0.05, 0) is 66.4 Å². The van der Waals surface area contributed by atoms with Gasteiger partial charge < -0.3 is 14.6 Å². The van der Waals surface area contributed by atoms with E-state index in [1.54, 1.807) is 11.6 Å². The summed E-state index contributed by atoms with van der Waals surface area (Å²) in [6.07, 6.45) is 4.61. The highest BCUT2D eigenvalue weighted by Crippen LogP contribution is 2.34. The monoisotopic (exact) mass is 453 g/mol. The van der Waals surface area contributed by atoms with Gasteiger partial charge in [0.1, 0.15) is 6.33 Å². The van der Waals surface area contributed by atoms with Crippen molar-refractivity contribution >= 4 is 35.0 Å². The third kappa shape index (κ3) is 4.78. The summed E-state index contributed by atoms with van der Waals surface area (Å²) in [7, 11) is 1.72. The highest BCUT2D eigenvalue weighted by atomic mass is 32.2. The lowest BCUT2D eigenvalue weighted by Gasteiger charge is -2.09. The summed E-state index contributed by atoms with van der Waals surface area (Å²) < 4.78 is 6.67. The summed E-state index contributed by atoms with van der Waals surface area (Å²) in [4.78, 5) is 35.7. The fraction of sp³-hybridized carbons (Fsp3) is 0.238. The first-order chi connectivity index (χ1) is 15.4. The Bertz CT molecular complexity index is 1210. The second-order valence-corrected chi connectivity index (χ2v) is 8.24. The maximum atomic E-state index is 12.4. The molecule has 0 fully saturated rings. The smallest absolute Gasteiger partial charge is 0.338 e. The third-order valence-electron chi connectivity index (χ3n) is 4.98. The molecule has 0 aliphatic heterocycles. The van der Waals surface area contributed by atoms with Crippen LogP contribution in [0.2, 0.25) is 0 Å². The van der Waals surface area contributed by atoms with Crippen molar-refractivity contribution in [1.82, 2.24) is 14.8 Å². The van der Waals surface area contributed by atoms with Crippen molar-refractivity contribution in [3.8, 4) is 0 Å². The number of hydrogen-bond donors (Lipinski definition) is 1. The molecule has 32 heavy (non-hydrogen) atoms. The van der Waals surface area contributed by atoms with Crippen molar-refractivity contribution in [2.45, 2.75) is 29.3 Å². The number of esters is 1. The van der Waals surface area contributed by atoms with E-state index in [0.29, 0.717) is 15.7 Å². The number of rotatable bonds is 7. The molecule has 10 nitrogen and oxygen atoms in total. The Morgan fingerprint density at radius 1 is 1.22 bits per heavy atom. The molecule has 2 aromatic carbocycles. The van der Waals surface area contributed by atoms with Crippen molar-refractivity contribution in [1.29, 1.82) is 0 Å². The van der Waals surface area contributed by atoms with Crippen molar-refractivity contribution in [2.75, 3.05) is 11.9 Å². The standard InChI is InChI=1S/C21H19N5O5S/c1-25-12-22-24-21(25)32-18-8-6-15(10-17(18)26(29)30)20(28)31-11-19(27)23-16-7-5-13-3-2-4-14(13)9-16/h5-10,12H,2-4,11H2,1H3,(H,23,27). The van der Waals surface area contributed by atoms with Crippen LogP contribution in [0.3, 0.4) is 0 Å². The minimum Gasteiger partial charge on any atom is -0.452 e. The topological polar surface area (TPSA) is 129 Å². The molecule has 3 aromatic rings. The van der Waals surface area contributed by atoms with Crippen molar-refractivity contribution < 1.29 is 19.2 Å². The molecule has 0 atom stereocenters. The van der Waals surface area contributed by atoms with Gasteiger partial charge in [0.15, 0.2) is 11.8 Å². The number of benzene rings is 2. The zero-order valence-electron chi connectivity index (χ0n) is 17.1. The van der Waals surface area contributed by atoms with Crippen LogP contribution in [-0.4, -0.2) is 38.2 Å². The summed E-state index contributed by atoms with van der Waals surface area (Å²) in [6.45, 7) is -0.501. The number of nitrogens with zero attached hydrogens (tertiary/aromatic N) is 4. The largest absolute Gasteiger partial charge is 0.452 e. The fourth-order valence-electron chi connectivity index (χ4n) is 3.40. The summed E-state index contributed by atoms with van der Waals surface area (Å²) in [5.74, 6) is -1.31. The molecular formula is C21H19N5O5S. The number of carbonyl (C=O) groups excluding carboxylic acids is 2. The number of nitro groups is 1. The Labute approximate surface area is 187 Å². The van der Waals surface area contributed by atoms with Gasteiger partial charge in [-0.1, -0.05) is 6.07 Å². The SMILES string of the molecule is Cn1cnnc1Sc1ccc(C(=O)OCC(=O)Nc2ccc3c(c2)CCC3)cc1[N+](=O)[O-]. The zero-order valence-corrected chi connectivity index (χ0v) is 17.9. The molecule has 0 unspecified atom stereocenters. The number of carbonyl (C=O) groups is 2. The van der Waals surface area contributed by atoms with Gasteiger partial charge in [-0.25, -0.2) is 4.79 Å². The van der Waals surface area contributed by atoms with Crippen LogP contribution in [0, 0.1) is 10.1 Å². The van der Waals surface area contributed by atoms with Gasteiger partial charge in [-0.15, -0.1) is 10.2 Å². The number of aryl methyl sites for hydroxylation is 3. The molecule has 0 radical (unpaired) electrons. The molecule has 11 heteroatoms. The van der Waals surface area contributed by atoms with Crippen LogP contribution in [0.1, 0.15) is 27.9 Å². The van der Waals surface area contributed by atoms with Gasteiger partial charge in [0, 0.05) is 18.8 Å². The fourth-order valence-corrected chi connectivity index (χ4v) is 4.25. The van der Waals surface area contributed by atoms with Crippen LogP contribution in [0.4, 0.5) is 11.4 Å². The molecule has 0 saturated heterocycles. The summed E-state index contributed by atoms with van der Waals surface area (Å²) in [5.41, 5.74) is 2.86. The number of hydrogen-bond acceptors (Lipinski definition) is 8. The van der Waals surface area contributed by atoms with Crippen LogP contribution >= 0.6 is 11.8 Å². The second-order valence-electron chi connectivity index (χ2n) is 7.23. The first-order valence-corrected chi connectivity index (χ1v) is 10.6. The lowest BCUT2D eigenvalue weighted by atomic mass is 10.1. The van der Waals surface area contributed by atoms with E-state index in [0.717, 1.165) is 37.1 Å². The second kappa shape index (κ2) is 9.18. The van der Waals surface area contributed by atoms with E-state index in [9.17, 15) is 19.7 Å². The quantitative estimate of drug-likeness (QED) is 0.328. The molecule has 1 aliphatic carbocycles. The van der Waals surface area contributed by atoms with Gasteiger partial charge in [-0.3, -0.25) is 14.9 Å². The summed E-state index contributed by atoms with van der Waals surface area (Å²) in [6, 6.07) is 9.72. The predicted octanol–water partition coefficient (Wildman–Crippen LogP) is 3.16. The van der Waals surface area contributed by atoms with E-state index in [4.69, 9.17) is 4.74 Å². The lowest BCUT2D eigenvalue weighted by Crippen LogP contribution is -2.21. The van der Waals surface area contributed by atoms with Gasteiger partial charge in [0.2, 0.25) is 0 Å². The van der Waals surface area contributed by atoms with E-state index < -0.39 is 23.4 Å². The molecule has 1 aromatic heterocycles. The zero-order chi connectivity index (χ0) is 22.7. The summed E-state index contributed by atoms with van der Waals surface area (Å²) >= 11 is 1.06. The molecule has 1 amide bonds. The Kier molecular flexibility index (Phi) is 6.17. The number of nitro benzene ring substituents is 1. The van der Waals surface area contributed by atoms with Crippen molar-refractivity contribution in [3.05, 3.63) is 69.5 Å². The Balaban J connectivity index is 1.39. The molecule has 4 rings (SSSR count). The molecule has 0 bridgehead atoms. The number of aromatic nitrogens is 3. The maximum Gasteiger partial charge on any atom is 0.338 e. The van der Waals surface area contributed by atoms with E-state index >= 15 is 0 Å². The molecule has 0 spiro atoms. The van der Waals surface area contributed by atoms with Crippen molar-refractivity contribution in [2.24, 2.45) is 7.05 Å². The van der Waals surface area contributed by atoms with E-state index in [-0.39, 0.29) is 11.3 Å². The highest BCUT2D eigenvalue weighted by Gasteiger charge is 2.21. The maximum absolute atomic E-state index is 12.4. The number of fused-ring (bicyclic) bond motifs is 1. The first-order valence-electron chi connectivity index (χ1n) is 9.80. The normalized spacial score (nSPS) is 12.3. The average molecular weight is 453 g/mol. The molecule has 1 heterocycles. The molecule has 0 saturated carbocycles. The number of amides is 1. The molecule has 1 N–H and O–H groups in total. The number of ether oxygens (including phenoxy) is 1. The molecular weight excluding hydrogens is 434 g/mol. The van der Waals surface area contributed by atoms with Gasteiger partial charge in [-0.2, -0.15) is 0 Å². The van der Waals surface area contributed by atoms with Gasteiger partial charge >= 0.3 is 5.97 Å². The van der Waals surface area contributed by atoms with Gasteiger partial charge in [0.25, 0.3) is 11.6 Å². The molecule has 1 aliphatic rings. The molecule has 164 valence electrons. The highest BCUT2D eigenvalue weighted by molar-refractivity contribution is 7.99. The van der Waals surface area contributed by atoms with Gasteiger partial charge in [0.05, 0.1) is 15.4 Å². The number of nitrogens with one attached hydrogen (secondary N) is 1. The third-order valence-corrected chi connectivity index (χ3v) is 6.10. The Morgan fingerprint density at radius 3 is 2.78 bits per heavy atom. The van der Waals surface area contributed by atoms with Crippen LogP contribution in [-0.2, 0) is 29.4 Å². The van der Waals surface area contributed by atoms with E-state index in [1.165, 1.54) is 29.6 Å². The van der Waals surface area contributed by atoms with E-state index in [1.807, 2.05) is 18.2 Å². The number of anilines is 1.